The van der Waals surface area contributed by atoms with Gasteiger partial charge in [-0.1, -0.05) is 96.5 Å². The van der Waals surface area contributed by atoms with Gasteiger partial charge in [-0.05, 0) is 98.9 Å². The molecule has 1 aromatic heterocycles. The lowest BCUT2D eigenvalue weighted by Crippen LogP contribution is -2.74. The molecule has 73 heavy (non-hydrogen) atoms. The maximum Gasteiger partial charge on any atom is 0.251 e. The number of hydrogen-bond acceptors (Lipinski definition) is 11. The van der Waals surface area contributed by atoms with E-state index in [0.29, 0.717) is 21.9 Å². The minimum atomic E-state index is -0.891. The molecule has 16 heteroatoms. The number of aromatic nitrogens is 1. The maximum atomic E-state index is 14.4. The number of unbranched alkanes of at least 4 members (excludes halogenated alkanes) is 1. The SMILES string of the molecule is Cc1ncsc1-c1ccc([C@H](C)NC(=O)[C@@H]2C[C@@H](O)CN2C(=O)[C@@H](NC(=O)CN2[C@H]3CC[C@H]2CN(CCCCc2ccc(C(=O)NC4C(C)(C)C(Oc5ccc(C#N)c(Cl)c5)C4(C)C)cc2)C3)C(C)(C)C)cc1. The number of fused-ring (bicyclic) bond motifs is 2. The zero-order chi connectivity index (χ0) is 52.6. The van der Waals surface area contributed by atoms with E-state index in [1.807, 2.05) is 88.7 Å². The first-order valence-electron chi connectivity index (χ1n) is 25.9. The van der Waals surface area contributed by atoms with E-state index < -0.39 is 23.6 Å². The van der Waals surface area contributed by atoms with Crippen molar-refractivity contribution in [2.75, 3.05) is 32.7 Å². The largest absolute Gasteiger partial charge is 0.489 e. The molecule has 6 atom stereocenters. The Kier molecular flexibility index (Phi) is 16.1. The molecule has 390 valence electrons. The predicted molar refractivity (Wildman–Crippen MR) is 285 cm³/mol. The van der Waals surface area contributed by atoms with Gasteiger partial charge in [0, 0.05) is 66.6 Å². The normalized spacial score (nSPS) is 24.2. The van der Waals surface area contributed by atoms with Crippen LogP contribution < -0.4 is 20.7 Å². The van der Waals surface area contributed by atoms with Crippen LogP contribution in [0.2, 0.25) is 5.02 Å². The molecule has 4 amide bonds. The summed E-state index contributed by atoms with van der Waals surface area (Å²) in [5.41, 5.74) is 5.61. The Morgan fingerprint density at radius 1 is 0.945 bits per heavy atom. The van der Waals surface area contributed by atoms with E-state index >= 15 is 0 Å². The van der Waals surface area contributed by atoms with Crippen molar-refractivity contribution in [2.24, 2.45) is 16.2 Å². The molecule has 3 aromatic carbocycles. The van der Waals surface area contributed by atoms with Gasteiger partial charge in [0.05, 0.1) is 45.4 Å². The number of nitrogens with zero attached hydrogens (tertiary/aromatic N) is 5. The topological polar surface area (TPSA) is 180 Å². The number of likely N-dealkylation sites (tertiary alicyclic amines) is 2. The minimum Gasteiger partial charge on any atom is -0.489 e. The van der Waals surface area contributed by atoms with E-state index in [1.165, 1.54) is 10.5 Å². The number of hydrogen-bond donors (Lipinski definition) is 4. The van der Waals surface area contributed by atoms with Gasteiger partial charge in [0.2, 0.25) is 17.7 Å². The van der Waals surface area contributed by atoms with Gasteiger partial charge in [0.15, 0.2) is 0 Å². The Hall–Kier alpha value is -5.37. The number of carbonyl (C=O) groups excluding carboxylic acids is 4. The van der Waals surface area contributed by atoms with E-state index in [1.54, 1.807) is 29.5 Å². The van der Waals surface area contributed by atoms with Crippen LogP contribution in [0.25, 0.3) is 10.4 Å². The number of amides is 4. The van der Waals surface area contributed by atoms with Gasteiger partial charge >= 0.3 is 0 Å². The number of aryl methyl sites for hydroxylation is 2. The first-order valence-corrected chi connectivity index (χ1v) is 27.1. The highest BCUT2D eigenvalue weighted by Gasteiger charge is 2.64. The fourth-order valence-corrected chi connectivity index (χ4v) is 13.2. The number of halogens is 1. The molecule has 14 nitrogen and oxygen atoms in total. The zero-order valence-electron chi connectivity index (χ0n) is 43.8. The van der Waals surface area contributed by atoms with Crippen molar-refractivity contribution < 1.29 is 29.0 Å². The third-order valence-electron chi connectivity index (χ3n) is 15.9. The van der Waals surface area contributed by atoms with E-state index in [-0.39, 0.29) is 84.2 Å². The van der Waals surface area contributed by atoms with E-state index in [4.69, 9.17) is 16.3 Å². The summed E-state index contributed by atoms with van der Waals surface area (Å²) in [6.07, 6.45) is 4.08. The lowest BCUT2D eigenvalue weighted by molar-refractivity contribution is -0.164. The van der Waals surface area contributed by atoms with Crippen LogP contribution in [0, 0.1) is 34.5 Å². The van der Waals surface area contributed by atoms with Crippen molar-refractivity contribution >= 4 is 46.6 Å². The fourth-order valence-electron chi connectivity index (χ4n) is 12.2. The highest BCUT2D eigenvalue weighted by atomic mass is 35.5. The number of nitrogens with one attached hydrogen (secondary N) is 3. The van der Waals surface area contributed by atoms with Crippen LogP contribution in [0.15, 0.2) is 72.2 Å². The molecule has 3 saturated heterocycles. The summed E-state index contributed by atoms with van der Waals surface area (Å²) in [7, 11) is 0. The first kappa shape index (κ1) is 53.9. The van der Waals surface area contributed by atoms with Crippen molar-refractivity contribution in [2.45, 2.75) is 149 Å². The van der Waals surface area contributed by atoms with Crippen molar-refractivity contribution in [3.05, 3.63) is 105 Å². The minimum absolute atomic E-state index is 0.0188. The number of aliphatic hydroxyl groups is 1. The Morgan fingerprint density at radius 2 is 1.62 bits per heavy atom. The summed E-state index contributed by atoms with van der Waals surface area (Å²) in [5, 5.41) is 29.8. The number of nitriles is 1. The number of rotatable bonds is 17. The number of ether oxygens (including phenoxy) is 1. The maximum absolute atomic E-state index is 14.4. The van der Waals surface area contributed by atoms with Crippen LogP contribution in [0.4, 0.5) is 0 Å². The van der Waals surface area contributed by atoms with Gasteiger partial charge in [0.25, 0.3) is 5.91 Å². The fraction of sp³-hybridized carbons (Fsp3) is 0.544. The molecule has 1 saturated carbocycles. The molecular formula is C57H73ClN8O6S. The molecule has 4 heterocycles. The smallest absolute Gasteiger partial charge is 0.251 e. The second-order valence-electron chi connectivity index (χ2n) is 23.2. The van der Waals surface area contributed by atoms with Gasteiger partial charge in [0.1, 0.15) is 30.0 Å². The second-order valence-corrected chi connectivity index (χ2v) is 24.4. The monoisotopic (exact) mass is 1030 g/mol. The number of benzene rings is 3. The lowest BCUT2D eigenvalue weighted by atomic mass is 9.49. The molecule has 4 fully saturated rings. The molecule has 8 rings (SSSR count). The van der Waals surface area contributed by atoms with E-state index in [0.717, 1.165) is 73.4 Å². The summed E-state index contributed by atoms with van der Waals surface area (Å²) < 4.78 is 6.40. The average Bonchev–Trinajstić information content (AvgIpc) is 4.02. The summed E-state index contributed by atoms with van der Waals surface area (Å²) in [5.74, 6) is -0.433. The summed E-state index contributed by atoms with van der Waals surface area (Å²) in [4.78, 5) is 67.4. The van der Waals surface area contributed by atoms with Crippen LogP contribution in [0.5, 0.6) is 5.75 Å². The number of β-amino-alcohol motifs (C(OH)–C–C–N with tert-alkyl or cyclic N) is 1. The Labute approximate surface area is 440 Å². The first-order chi connectivity index (χ1) is 34.5. The molecule has 4 aromatic rings. The standard InChI is InChI=1S/C57H73ClN8O6S/c1-34(37-17-19-38(20-18-37)48-35(2)60-33-73-48)61-51(70)46-26-43(67)31-66(46)52(71)49(55(3,4)5)62-47(68)32-65-41-22-23-42(65)30-64(29-41)25-11-10-12-36-13-15-39(16-14-36)50(69)63-53-56(6,7)54(57(53,8)9)72-44-24-21-40(28-59)45(58)27-44/h13-21,24,27,33-34,41-43,46,49,53-54,67H,10-12,22-23,25-26,29-32H2,1-9H3,(H,61,70)(H,62,68)(H,63,69)/t34-,41-,42-,43+,46-,49+,53?,54?/m0/s1. The lowest BCUT2D eigenvalue weighted by Gasteiger charge is -2.63. The highest BCUT2D eigenvalue weighted by Crippen LogP contribution is 2.55. The molecule has 0 spiro atoms. The van der Waals surface area contributed by atoms with Crippen molar-refractivity contribution in [3.63, 3.8) is 0 Å². The molecule has 2 bridgehead atoms. The number of aliphatic hydroxyl groups excluding tert-OH is 1. The quantitative estimate of drug-likeness (QED) is 0.0756. The highest BCUT2D eigenvalue weighted by molar-refractivity contribution is 7.13. The molecule has 4 N–H and O–H groups in total. The van der Waals surface area contributed by atoms with E-state index in [9.17, 15) is 29.5 Å². The number of thiazole rings is 1. The number of carbonyl (C=O) groups is 4. The molecule has 4 aliphatic rings. The average molecular weight is 1030 g/mol. The zero-order valence-corrected chi connectivity index (χ0v) is 45.4. The van der Waals surface area contributed by atoms with Crippen molar-refractivity contribution in [1.29, 1.82) is 5.26 Å². The van der Waals surface area contributed by atoms with Gasteiger partial charge in [-0.3, -0.25) is 24.1 Å². The third kappa shape index (κ3) is 11.8. The van der Waals surface area contributed by atoms with Gasteiger partial charge in [-0.2, -0.15) is 5.26 Å². The summed E-state index contributed by atoms with van der Waals surface area (Å²) in [6.45, 7) is 21.0. The Bertz CT molecular complexity index is 2670. The van der Waals surface area contributed by atoms with Crippen molar-refractivity contribution in [1.82, 2.24) is 35.6 Å². The summed E-state index contributed by atoms with van der Waals surface area (Å²) >= 11 is 7.86. The molecule has 3 aliphatic heterocycles. The van der Waals surface area contributed by atoms with Gasteiger partial charge in [-0.25, -0.2) is 4.98 Å². The predicted octanol–water partition coefficient (Wildman–Crippen LogP) is 8.10. The molecular weight excluding hydrogens is 960 g/mol. The molecule has 0 radical (unpaired) electrons. The van der Waals surface area contributed by atoms with Crippen LogP contribution in [-0.4, -0.2) is 124 Å². The van der Waals surface area contributed by atoms with Gasteiger partial charge < -0.3 is 35.6 Å². The molecule has 0 unspecified atom stereocenters. The second kappa shape index (κ2) is 21.8. The van der Waals surface area contributed by atoms with Crippen LogP contribution in [0.1, 0.15) is 126 Å². The number of piperazine rings is 1. The van der Waals surface area contributed by atoms with Crippen LogP contribution >= 0.6 is 22.9 Å². The molecule has 1 aliphatic carbocycles. The van der Waals surface area contributed by atoms with Crippen LogP contribution in [0.3, 0.4) is 0 Å². The third-order valence-corrected chi connectivity index (χ3v) is 17.2. The Morgan fingerprint density at radius 3 is 2.22 bits per heavy atom. The van der Waals surface area contributed by atoms with E-state index in [2.05, 4.69) is 64.5 Å². The van der Waals surface area contributed by atoms with Crippen molar-refractivity contribution in [3.8, 4) is 22.3 Å². The summed E-state index contributed by atoms with van der Waals surface area (Å²) in [6, 6.07) is 21.4. The Balaban J connectivity index is 0.773. The van der Waals surface area contributed by atoms with Gasteiger partial charge in [-0.15, -0.1) is 11.3 Å². The van der Waals surface area contributed by atoms with Crippen LogP contribution in [-0.2, 0) is 20.8 Å².